The van der Waals surface area contributed by atoms with Crippen LogP contribution in [-0.4, -0.2) is 45.3 Å². The number of halogens is 3. The van der Waals surface area contributed by atoms with Gasteiger partial charge in [-0.2, -0.15) is 12.7 Å². The van der Waals surface area contributed by atoms with Gasteiger partial charge >= 0.3 is 16.6 Å². The molecular weight excluding hydrogens is 463 g/mol. The summed E-state index contributed by atoms with van der Waals surface area (Å²) < 4.78 is 72.3. The van der Waals surface area contributed by atoms with Crippen molar-refractivity contribution in [3.63, 3.8) is 0 Å². The summed E-state index contributed by atoms with van der Waals surface area (Å²) in [5.74, 6) is -0.351. The highest BCUT2D eigenvalue weighted by molar-refractivity contribution is 7.90. The summed E-state index contributed by atoms with van der Waals surface area (Å²) in [4.78, 5) is 0. The molecule has 32 heavy (non-hydrogen) atoms. The number of hydrogen-bond donors (Lipinski definition) is 1. The molecule has 0 saturated carbocycles. The van der Waals surface area contributed by atoms with Crippen molar-refractivity contribution in [1.82, 2.24) is 9.62 Å². The third kappa shape index (κ3) is 4.85. The maximum Gasteiger partial charge on any atom is 0.573 e. The number of anilines is 1. The number of alkyl halides is 3. The van der Waals surface area contributed by atoms with Crippen LogP contribution in [0.15, 0.2) is 48.5 Å². The van der Waals surface area contributed by atoms with Crippen LogP contribution in [0.1, 0.15) is 11.1 Å². The Balaban J connectivity index is 1.71. The summed E-state index contributed by atoms with van der Waals surface area (Å²) in [7, 11) is -3.86. The molecule has 0 radical (unpaired) electrons. The Morgan fingerprint density at radius 2 is 1.75 bits per heavy atom. The maximum atomic E-state index is 13.6. The fourth-order valence-corrected chi connectivity index (χ4v) is 6.73. The number of benzene rings is 2. The minimum atomic E-state index is -4.78. The second-order valence-electron chi connectivity index (χ2n) is 7.38. The Kier molecular flexibility index (Phi) is 6.35. The van der Waals surface area contributed by atoms with Crippen LogP contribution in [0.25, 0.3) is 10.1 Å². The van der Waals surface area contributed by atoms with Crippen molar-refractivity contribution in [1.29, 1.82) is 0 Å². The van der Waals surface area contributed by atoms with E-state index in [2.05, 4.69) is 10.1 Å². The van der Waals surface area contributed by atoms with Gasteiger partial charge in [0.2, 0.25) is 0 Å². The van der Waals surface area contributed by atoms with Gasteiger partial charge in [-0.25, -0.2) is 4.31 Å². The largest absolute Gasteiger partial charge is 0.573 e. The molecule has 1 aliphatic rings. The zero-order valence-corrected chi connectivity index (χ0v) is 18.9. The summed E-state index contributed by atoms with van der Waals surface area (Å²) in [6.45, 7) is 3.69. The van der Waals surface area contributed by atoms with Gasteiger partial charge in [-0.1, -0.05) is 30.3 Å². The molecule has 6 nitrogen and oxygen atoms in total. The second-order valence-corrected chi connectivity index (χ2v) is 10.3. The first-order valence-electron chi connectivity index (χ1n) is 9.96. The van der Waals surface area contributed by atoms with Crippen LogP contribution in [0.4, 0.5) is 18.2 Å². The first-order chi connectivity index (χ1) is 15.1. The summed E-state index contributed by atoms with van der Waals surface area (Å²) in [5.41, 5.74) is 1.40. The number of aryl methyl sites for hydroxylation is 1. The summed E-state index contributed by atoms with van der Waals surface area (Å²) in [6.07, 6.45) is -4.78. The SMILES string of the molecule is Cc1c(N(Cc2ccc(OC(F)(F)F)cc2)S(=O)(=O)N2CCNCC2)sc2ccccc12. The van der Waals surface area contributed by atoms with E-state index in [1.165, 1.54) is 44.2 Å². The molecule has 0 bridgehead atoms. The van der Waals surface area contributed by atoms with Crippen LogP contribution in [-0.2, 0) is 16.8 Å². The molecule has 3 aromatic rings. The Morgan fingerprint density at radius 1 is 1.09 bits per heavy atom. The third-order valence-electron chi connectivity index (χ3n) is 5.21. The van der Waals surface area contributed by atoms with Gasteiger partial charge in [-0.15, -0.1) is 24.5 Å². The molecule has 1 N–H and O–H groups in total. The predicted octanol–water partition coefficient (Wildman–Crippen LogP) is 4.26. The summed E-state index contributed by atoms with van der Waals surface area (Å²) in [5, 5.41) is 4.72. The fourth-order valence-electron chi connectivity index (χ4n) is 3.63. The number of hydrogen-bond acceptors (Lipinski definition) is 5. The maximum absolute atomic E-state index is 13.6. The van der Waals surface area contributed by atoms with Crippen molar-refractivity contribution in [3.8, 4) is 5.75 Å². The van der Waals surface area contributed by atoms with Gasteiger partial charge in [0.15, 0.2) is 0 Å². The molecule has 2 aromatic carbocycles. The third-order valence-corrected chi connectivity index (χ3v) is 8.51. The normalized spacial score (nSPS) is 15.8. The lowest BCUT2D eigenvalue weighted by molar-refractivity contribution is -0.274. The number of nitrogens with one attached hydrogen (secondary N) is 1. The van der Waals surface area contributed by atoms with Crippen molar-refractivity contribution in [2.24, 2.45) is 0 Å². The van der Waals surface area contributed by atoms with Gasteiger partial charge < -0.3 is 10.1 Å². The van der Waals surface area contributed by atoms with E-state index in [1.54, 1.807) is 0 Å². The van der Waals surface area contributed by atoms with Gasteiger partial charge in [-0.3, -0.25) is 0 Å². The minimum absolute atomic E-state index is 0.00772. The van der Waals surface area contributed by atoms with E-state index in [4.69, 9.17) is 0 Å². The highest BCUT2D eigenvalue weighted by Gasteiger charge is 2.34. The quantitative estimate of drug-likeness (QED) is 0.567. The van der Waals surface area contributed by atoms with E-state index in [0.29, 0.717) is 36.7 Å². The molecule has 0 amide bonds. The zero-order chi connectivity index (χ0) is 22.9. The van der Waals surface area contributed by atoms with Crippen LogP contribution in [0, 0.1) is 6.92 Å². The number of ether oxygens (including phenoxy) is 1. The number of rotatable bonds is 6. The van der Waals surface area contributed by atoms with Gasteiger partial charge in [-0.05, 0) is 41.6 Å². The molecule has 0 unspecified atom stereocenters. The average Bonchev–Trinajstić information content (AvgIpc) is 3.09. The smallest absolute Gasteiger partial charge is 0.406 e. The van der Waals surface area contributed by atoms with Crippen LogP contribution >= 0.6 is 11.3 Å². The number of thiophene rings is 1. The van der Waals surface area contributed by atoms with E-state index in [-0.39, 0.29) is 12.3 Å². The van der Waals surface area contributed by atoms with Gasteiger partial charge in [0, 0.05) is 30.9 Å². The molecule has 172 valence electrons. The lowest BCUT2D eigenvalue weighted by Gasteiger charge is -2.33. The monoisotopic (exact) mass is 485 g/mol. The molecule has 1 aliphatic heterocycles. The molecule has 4 rings (SSSR count). The van der Waals surface area contributed by atoms with Crippen molar-refractivity contribution < 1.29 is 26.3 Å². The van der Waals surface area contributed by atoms with Crippen LogP contribution < -0.4 is 14.4 Å². The Bertz CT molecular complexity index is 1190. The van der Waals surface area contributed by atoms with E-state index in [0.717, 1.165) is 15.6 Å². The van der Waals surface area contributed by atoms with E-state index < -0.39 is 16.6 Å². The molecule has 0 spiro atoms. The zero-order valence-electron chi connectivity index (χ0n) is 17.2. The first-order valence-corrected chi connectivity index (χ1v) is 12.2. The van der Waals surface area contributed by atoms with Crippen LogP contribution in [0.3, 0.4) is 0 Å². The van der Waals surface area contributed by atoms with Crippen LogP contribution in [0.2, 0.25) is 0 Å². The first kappa shape index (κ1) is 22.8. The Hall–Kier alpha value is -2.34. The van der Waals surface area contributed by atoms with Crippen molar-refractivity contribution in [2.75, 3.05) is 30.5 Å². The predicted molar refractivity (Wildman–Crippen MR) is 119 cm³/mol. The molecule has 1 fully saturated rings. The molecule has 1 aromatic heterocycles. The molecule has 2 heterocycles. The van der Waals surface area contributed by atoms with Crippen molar-refractivity contribution >= 4 is 36.6 Å². The van der Waals surface area contributed by atoms with Gasteiger partial charge in [0.1, 0.15) is 10.8 Å². The molecular formula is C21H22F3N3O3S2. The molecule has 1 saturated heterocycles. The lowest BCUT2D eigenvalue weighted by Crippen LogP contribution is -2.51. The molecule has 0 aliphatic carbocycles. The lowest BCUT2D eigenvalue weighted by atomic mass is 10.2. The highest BCUT2D eigenvalue weighted by atomic mass is 32.2. The van der Waals surface area contributed by atoms with Gasteiger partial charge in [0.25, 0.3) is 0 Å². The number of piperazine rings is 1. The second kappa shape index (κ2) is 8.89. The highest BCUT2D eigenvalue weighted by Crippen LogP contribution is 2.40. The topological polar surface area (TPSA) is 61.9 Å². The van der Waals surface area contributed by atoms with Crippen molar-refractivity contribution in [2.45, 2.75) is 19.8 Å². The van der Waals surface area contributed by atoms with Crippen molar-refractivity contribution in [3.05, 3.63) is 59.7 Å². The molecule has 0 atom stereocenters. The fraction of sp³-hybridized carbons (Fsp3) is 0.333. The van der Waals surface area contributed by atoms with Gasteiger partial charge in [0.05, 0.1) is 6.54 Å². The average molecular weight is 486 g/mol. The summed E-state index contributed by atoms with van der Waals surface area (Å²) in [6, 6.07) is 13.0. The molecule has 11 heteroatoms. The number of nitrogens with zero attached hydrogens (tertiary/aromatic N) is 2. The Labute approximate surface area is 188 Å². The Morgan fingerprint density at radius 3 is 2.38 bits per heavy atom. The minimum Gasteiger partial charge on any atom is -0.406 e. The van der Waals surface area contributed by atoms with E-state index in [9.17, 15) is 21.6 Å². The van der Waals surface area contributed by atoms with Crippen LogP contribution in [0.5, 0.6) is 5.75 Å². The van der Waals surface area contributed by atoms with E-state index >= 15 is 0 Å². The standard InChI is InChI=1S/C21H22F3N3O3S2/c1-15-18-4-2-3-5-19(18)31-20(15)27(32(28,29)26-12-10-25-11-13-26)14-16-6-8-17(9-7-16)30-21(22,23)24/h2-9,25H,10-14H2,1H3. The van der Waals surface area contributed by atoms with E-state index in [1.807, 2.05) is 31.2 Å². The number of fused-ring (bicyclic) bond motifs is 1. The summed E-state index contributed by atoms with van der Waals surface area (Å²) >= 11 is 1.38.